The van der Waals surface area contributed by atoms with Gasteiger partial charge in [0.2, 0.25) is 0 Å². The summed E-state index contributed by atoms with van der Waals surface area (Å²) in [6, 6.07) is 3.32. The summed E-state index contributed by atoms with van der Waals surface area (Å²) in [6.07, 6.45) is 0. The number of methoxy groups -OCH3 is 1. The van der Waals surface area contributed by atoms with Crippen molar-refractivity contribution in [1.82, 2.24) is 0 Å². The molecular weight excluding hydrogens is 287 g/mol. The Hall–Kier alpha value is 0.991. The summed E-state index contributed by atoms with van der Waals surface area (Å²) in [5, 5.41) is 0. The van der Waals surface area contributed by atoms with Gasteiger partial charge in [0.25, 0.3) is 0 Å². The van der Waals surface area contributed by atoms with Crippen LogP contribution < -0.4 is 61.6 Å². The fraction of sp³-hybridized carbons (Fsp3) is 0.143. The van der Waals surface area contributed by atoms with Crippen LogP contribution in [0.4, 0.5) is 12.9 Å². The predicted molar refractivity (Wildman–Crippen MR) is 49.4 cm³/mol. The van der Waals surface area contributed by atoms with E-state index in [0.29, 0.717) is 4.47 Å². The average molecular weight is 293 g/mol. The molecule has 0 aromatic heterocycles. The maximum atomic E-state index is 12.2. The second kappa shape index (κ2) is 5.91. The fourth-order valence-electron chi connectivity index (χ4n) is 0.880. The number of rotatable bonds is 2. The number of hydrogen-bond donors (Lipinski definition) is 0. The normalized spacial score (nSPS) is 10.6. The van der Waals surface area contributed by atoms with Crippen molar-refractivity contribution in [1.29, 1.82) is 0 Å². The summed E-state index contributed by atoms with van der Waals surface area (Å²) in [5.41, 5.74) is -0.653. The Bertz CT molecular complexity index is 318. The molecular formula is C7H6BBrF3KO. The average Bonchev–Trinajstić information content (AvgIpc) is 2.03. The molecule has 0 atom stereocenters. The first-order valence-corrected chi connectivity index (χ1v) is 4.28. The largest absolute Gasteiger partial charge is 1.00 e. The predicted octanol–water partition coefficient (Wildman–Crippen LogP) is -0.484. The van der Waals surface area contributed by atoms with Crippen LogP contribution in [0.3, 0.4) is 0 Å². The van der Waals surface area contributed by atoms with Gasteiger partial charge in [-0.05, 0) is 28.1 Å². The van der Waals surface area contributed by atoms with Crippen LogP contribution in [0.15, 0.2) is 22.7 Å². The van der Waals surface area contributed by atoms with Crippen LogP contribution in [0, 0.1) is 0 Å². The summed E-state index contributed by atoms with van der Waals surface area (Å²) in [7, 11) is 1.33. The number of ether oxygens (including phenoxy) is 1. The van der Waals surface area contributed by atoms with Crippen molar-refractivity contribution in [2.45, 2.75) is 0 Å². The zero-order valence-electron chi connectivity index (χ0n) is 7.73. The number of halogens is 4. The molecule has 1 rings (SSSR count). The van der Waals surface area contributed by atoms with E-state index in [1.807, 2.05) is 0 Å². The molecule has 0 fully saturated rings. The van der Waals surface area contributed by atoms with E-state index in [1.54, 1.807) is 0 Å². The summed E-state index contributed by atoms with van der Waals surface area (Å²) in [6.45, 7) is -4.95. The molecule has 0 unspecified atom stereocenters. The van der Waals surface area contributed by atoms with Gasteiger partial charge in [-0.25, -0.2) is 0 Å². The molecule has 0 aliphatic rings. The Morgan fingerprint density at radius 1 is 1.29 bits per heavy atom. The van der Waals surface area contributed by atoms with Crippen molar-refractivity contribution in [3.63, 3.8) is 0 Å². The molecule has 72 valence electrons. The first-order valence-electron chi connectivity index (χ1n) is 3.48. The molecule has 0 heterocycles. The molecule has 7 heteroatoms. The Kier molecular flexibility index (Phi) is 6.33. The van der Waals surface area contributed by atoms with Crippen molar-refractivity contribution in [2.24, 2.45) is 0 Å². The second-order valence-corrected chi connectivity index (χ2v) is 3.32. The molecule has 1 nitrogen and oxygen atoms in total. The van der Waals surface area contributed by atoms with E-state index in [0.717, 1.165) is 12.1 Å². The second-order valence-electron chi connectivity index (χ2n) is 2.47. The van der Waals surface area contributed by atoms with Crippen LogP contribution in [-0.4, -0.2) is 14.1 Å². The zero-order valence-corrected chi connectivity index (χ0v) is 12.4. The Balaban J connectivity index is 0.00000169. The third-order valence-corrected chi connectivity index (χ3v) is 2.21. The summed E-state index contributed by atoms with van der Waals surface area (Å²) >= 11 is 3.07. The standard InChI is InChI=1S/C7H6BBrF3O.K/c1-13-7-4-5(8(10,11)12)2-3-6(7)9;/h2-4H,1H3;/q-1;+1. The van der Waals surface area contributed by atoms with E-state index < -0.39 is 12.4 Å². The molecule has 0 saturated heterocycles. The van der Waals surface area contributed by atoms with E-state index in [-0.39, 0.29) is 57.1 Å². The van der Waals surface area contributed by atoms with Crippen molar-refractivity contribution < 1.29 is 69.1 Å². The van der Waals surface area contributed by atoms with Gasteiger partial charge in [-0.3, -0.25) is 0 Å². The molecule has 0 aliphatic heterocycles. The maximum Gasteiger partial charge on any atom is 1.00 e. The molecule has 0 N–H and O–H groups in total. The van der Waals surface area contributed by atoms with Gasteiger partial charge in [-0.1, -0.05) is 6.07 Å². The number of benzene rings is 1. The van der Waals surface area contributed by atoms with Crippen LogP contribution in [0.1, 0.15) is 0 Å². The van der Waals surface area contributed by atoms with Crippen LogP contribution in [-0.2, 0) is 0 Å². The molecule has 1 aromatic rings. The molecule has 0 amide bonds. The molecule has 0 saturated carbocycles. The van der Waals surface area contributed by atoms with Crippen LogP contribution >= 0.6 is 15.9 Å². The smallest absolute Gasteiger partial charge is 0.496 e. The first-order chi connectivity index (χ1) is 5.95. The van der Waals surface area contributed by atoms with Crippen molar-refractivity contribution in [3.05, 3.63) is 22.7 Å². The minimum atomic E-state index is -4.95. The molecule has 0 aliphatic carbocycles. The molecule has 1 aromatic carbocycles. The quantitative estimate of drug-likeness (QED) is 0.669. The fourth-order valence-corrected chi connectivity index (χ4v) is 1.29. The topological polar surface area (TPSA) is 9.23 Å². The maximum absolute atomic E-state index is 12.2. The summed E-state index contributed by atoms with van der Waals surface area (Å²) in [5.74, 6) is 0.191. The van der Waals surface area contributed by atoms with Crippen molar-refractivity contribution in [2.75, 3.05) is 7.11 Å². The molecule has 0 bridgehead atoms. The van der Waals surface area contributed by atoms with Crippen molar-refractivity contribution >= 4 is 28.4 Å². The van der Waals surface area contributed by atoms with Crippen LogP contribution in [0.25, 0.3) is 0 Å². The van der Waals surface area contributed by atoms with Gasteiger partial charge in [0.05, 0.1) is 11.6 Å². The molecule has 0 radical (unpaired) electrons. The van der Waals surface area contributed by atoms with E-state index in [2.05, 4.69) is 15.9 Å². The first kappa shape index (κ1) is 15.0. The number of hydrogen-bond acceptors (Lipinski definition) is 1. The third kappa shape index (κ3) is 3.86. The van der Waals surface area contributed by atoms with Gasteiger partial charge in [-0.2, -0.15) is 0 Å². The Morgan fingerprint density at radius 3 is 2.29 bits per heavy atom. The zero-order chi connectivity index (χ0) is 10.1. The summed E-state index contributed by atoms with van der Waals surface area (Å²) in [4.78, 5) is 0. The van der Waals surface area contributed by atoms with Crippen LogP contribution in [0.2, 0.25) is 0 Å². The monoisotopic (exact) mass is 292 g/mol. The molecule has 0 spiro atoms. The van der Waals surface area contributed by atoms with Gasteiger partial charge in [0.1, 0.15) is 5.75 Å². The Morgan fingerprint density at radius 2 is 1.86 bits per heavy atom. The van der Waals surface area contributed by atoms with E-state index in [9.17, 15) is 12.9 Å². The minimum Gasteiger partial charge on any atom is -0.496 e. The van der Waals surface area contributed by atoms with E-state index in [4.69, 9.17) is 4.74 Å². The van der Waals surface area contributed by atoms with E-state index in [1.165, 1.54) is 13.2 Å². The van der Waals surface area contributed by atoms with Crippen LogP contribution in [0.5, 0.6) is 5.75 Å². The van der Waals surface area contributed by atoms with E-state index >= 15 is 0 Å². The van der Waals surface area contributed by atoms with Crippen molar-refractivity contribution in [3.8, 4) is 5.75 Å². The minimum absolute atomic E-state index is 0. The van der Waals surface area contributed by atoms with Gasteiger partial charge in [0, 0.05) is 0 Å². The molecule has 14 heavy (non-hydrogen) atoms. The van der Waals surface area contributed by atoms with Gasteiger partial charge < -0.3 is 17.7 Å². The third-order valence-electron chi connectivity index (χ3n) is 1.55. The van der Waals surface area contributed by atoms with Gasteiger partial charge in [0.15, 0.2) is 0 Å². The van der Waals surface area contributed by atoms with Gasteiger partial charge >= 0.3 is 58.4 Å². The SMILES string of the molecule is COc1cc([B-](F)(F)F)ccc1Br.[K+]. The van der Waals surface area contributed by atoms with Gasteiger partial charge in [-0.15, -0.1) is 5.46 Å². The summed E-state index contributed by atoms with van der Waals surface area (Å²) < 4.78 is 41.9. The Labute approximate surface area is 131 Å².